The van der Waals surface area contributed by atoms with E-state index in [0.29, 0.717) is 0 Å². The molecule has 1 fully saturated rings. The lowest BCUT2D eigenvalue weighted by molar-refractivity contribution is -0.125. The first-order chi connectivity index (χ1) is 11.2. The highest BCUT2D eigenvalue weighted by Crippen LogP contribution is 2.16. The molecule has 0 aromatic heterocycles. The van der Waals surface area contributed by atoms with Gasteiger partial charge in [-0.3, -0.25) is 9.69 Å². The Balaban J connectivity index is 1.96. The number of carbonyl (C=O) groups excluding carboxylic acids is 1. The maximum Gasteiger partial charge on any atom is 0.240 e. The van der Waals surface area contributed by atoms with Crippen LogP contribution in [0.15, 0.2) is 29.2 Å². The highest BCUT2D eigenvalue weighted by Gasteiger charge is 2.23. The van der Waals surface area contributed by atoms with Gasteiger partial charge in [0.25, 0.3) is 0 Å². The largest absolute Gasteiger partial charge is 0.379 e. The van der Waals surface area contributed by atoms with Gasteiger partial charge in [0.15, 0.2) is 5.78 Å². The molecule has 1 aliphatic rings. The van der Waals surface area contributed by atoms with Crippen LogP contribution >= 0.6 is 0 Å². The van der Waals surface area contributed by atoms with Crippen molar-refractivity contribution in [1.82, 2.24) is 9.62 Å². The van der Waals surface area contributed by atoms with E-state index in [2.05, 4.69) is 9.62 Å². The number of nitrogens with zero attached hydrogens (tertiary/aromatic N) is 1. The van der Waals surface area contributed by atoms with Crippen molar-refractivity contribution in [3.63, 3.8) is 0 Å². The first-order valence-corrected chi connectivity index (χ1v) is 9.59. The summed E-state index contributed by atoms with van der Waals surface area (Å²) >= 11 is 0. The molecule has 0 spiro atoms. The van der Waals surface area contributed by atoms with Gasteiger partial charge in [0.1, 0.15) is 0 Å². The minimum atomic E-state index is -3.67. The number of hydrogen-bond donors (Lipinski definition) is 1. The fourth-order valence-corrected chi connectivity index (χ4v) is 3.28. The second-order valence-corrected chi connectivity index (χ2v) is 8.80. The number of rotatable bonds is 6. The third-order valence-electron chi connectivity index (χ3n) is 4.00. The fourth-order valence-electron chi connectivity index (χ4n) is 2.30. The van der Waals surface area contributed by atoms with Crippen LogP contribution < -0.4 is 4.72 Å². The number of benzene rings is 1. The van der Waals surface area contributed by atoms with Crippen molar-refractivity contribution in [2.45, 2.75) is 32.2 Å². The van der Waals surface area contributed by atoms with Gasteiger partial charge in [-0.1, -0.05) is 32.9 Å². The highest BCUT2D eigenvalue weighted by atomic mass is 32.2. The molecule has 1 aromatic carbocycles. The zero-order valence-corrected chi connectivity index (χ0v) is 15.4. The summed E-state index contributed by atoms with van der Waals surface area (Å²) in [6, 6.07) is 6.80. The van der Waals surface area contributed by atoms with Crippen molar-refractivity contribution in [3.05, 3.63) is 29.8 Å². The predicted molar refractivity (Wildman–Crippen MR) is 92.2 cm³/mol. The quantitative estimate of drug-likeness (QED) is 0.836. The van der Waals surface area contributed by atoms with E-state index in [1.165, 1.54) is 0 Å². The Bertz CT molecular complexity index is 657. The molecule has 1 heterocycles. The number of carbonyl (C=O) groups is 1. The average Bonchev–Trinajstić information content (AvgIpc) is 2.53. The Morgan fingerprint density at radius 2 is 1.75 bits per heavy atom. The van der Waals surface area contributed by atoms with Crippen LogP contribution in [0.1, 0.15) is 26.3 Å². The van der Waals surface area contributed by atoms with E-state index in [9.17, 15) is 13.2 Å². The minimum Gasteiger partial charge on any atom is -0.379 e. The second kappa shape index (κ2) is 7.74. The number of ketones is 1. The minimum absolute atomic E-state index is 0.144. The van der Waals surface area contributed by atoms with E-state index in [4.69, 9.17) is 4.74 Å². The molecule has 0 atom stereocenters. The van der Waals surface area contributed by atoms with Crippen LogP contribution in [0, 0.1) is 5.41 Å². The summed E-state index contributed by atoms with van der Waals surface area (Å²) in [7, 11) is -3.67. The highest BCUT2D eigenvalue weighted by molar-refractivity contribution is 7.89. The molecule has 1 saturated heterocycles. The molecule has 7 heteroatoms. The smallest absolute Gasteiger partial charge is 0.240 e. The molecule has 134 valence electrons. The zero-order chi connectivity index (χ0) is 17.8. The number of ether oxygens (including phenoxy) is 1. The van der Waals surface area contributed by atoms with E-state index in [1.54, 1.807) is 32.9 Å². The molecule has 0 saturated carbocycles. The van der Waals surface area contributed by atoms with Crippen LogP contribution in [-0.2, 0) is 26.1 Å². The van der Waals surface area contributed by atoms with Gasteiger partial charge in [0.2, 0.25) is 10.0 Å². The third-order valence-corrected chi connectivity index (χ3v) is 5.42. The van der Waals surface area contributed by atoms with Gasteiger partial charge < -0.3 is 4.74 Å². The van der Waals surface area contributed by atoms with E-state index >= 15 is 0 Å². The number of sulfonamides is 1. The lowest BCUT2D eigenvalue weighted by Crippen LogP contribution is -2.36. The average molecular weight is 354 g/mol. The molecule has 0 aliphatic carbocycles. The normalized spacial score (nSPS) is 17.0. The number of nitrogens with one attached hydrogen (secondary N) is 1. The first-order valence-electron chi connectivity index (χ1n) is 8.10. The lowest BCUT2D eigenvalue weighted by atomic mass is 9.91. The fraction of sp³-hybridized carbons (Fsp3) is 0.588. The summed E-state index contributed by atoms with van der Waals surface area (Å²) in [4.78, 5) is 14.3. The summed E-state index contributed by atoms with van der Waals surface area (Å²) in [6.07, 6.45) is 0. The third kappa shape index (κ3) is 5.37. The molecule has 1 aromatic rings. The molecule has 0 radical (unpaired) electrons. The van der Waals surface area contributed by atoms with Crippen molar-refractivity contribution in [2.75, 3.05) is 32.8 Å². The summed E-state index contributed by atoms with van der Waals surface area (Å²) in [5.41, 5.74) is 0.492. The van der Waals surface area contributed by atoms with Crippen molar-refractivity contribution in [1.29, 1.82) is 0 Å². The maximum absolute atomic E-state index is 12.3. The summed E-state index contributed by atoms with van der Waals surface area (Å²) < 4.78 is 32.2. The number of Topliss-reactive ketones (excluding diaryl/α,β-unsaturated/α-hetero) is 1. The molecule has 6 nitrogen and oxygen atoms in total. The summed E-state index contributed by atoms with van der Waals surface area (Å²) in [5, 5.41) is 0. The van der Waals surface area contributed by atoms with Crippen molar-refractivity contribution < 1.29 is 17.9 Å². The molecule has 1 aliphatic heterocycles. The SMILES string of the molecule is CC(C)(C)C(=O)CNS(=O)(=O)c1ccc(CN2CCOCC2)cc1. The van der Waals surface area contributed by atoms with Gasteiger partial charge in [-0.05, 0) is 17.7 Å². The van der Waals surface area contributed by atoms with E-state index < -0.39 is 15.4 Å². The Kier molecular flexibility index (Phi) is 6.14. The molecule has 1 N–H and O–H groups in total. The van der Waals surface area contributed by atoms with Gasteiger partial charge in [0.05, 0.1) is 24.7 Å². The molecule has 2 rings (SSSR count). The van der Waals surface area contributed by atoms with Gasteiger partial charge >= 0.3 is 0 Å². The van der Waals surface area contributed by atoms with Crippen molar-refractivity contribution in [3.8, 4) is 0 Å². The Morgan fingerprint density at radius 3 is 2.29 bits per heavy atom. The van der Waals surface area contributed by atoms with Crippen molar-refractivity contribution >= 4 is 15.8 Å². The van der Waals surface area contributed by atoms with Crippen LogP contribution in [0.4, 0.5) is 0 Å². The maximum atomic E-state index is 12.3. The topological polar surface area (TPSA) is 75.7 Å². The number of morpholine rings is 1. The molecule has 0 amide bonds. The summed E-state index contributed by atoms with van der Waals surface area (Å²) in [5.74, 6) is -0.144. The van der Waals surface area contributed by atoms with Crippen LogP contribution in [0.3, 0.4) is 0 Å². The van der Waals surface area contributed by atoms with Crippen LogP contribution in [0.25, 0.3) is 0 Å². The Morgan fingerprint density at radius 1 is 1.17 bits per heavy atom. The van der Waals surface area contributed by atoms with Crippen LogP contribution in [0.5, 0.6) is 0 Å². The zero-order valence-electron chi connectivity index (χ0n) is 14.5. The van der Waals surface area contributed by atoms with Gasteiger partial charge in [0, 0.05) is 25.0 Å². The molecular weight excluding hydrogens is 328 g/mol. The van der Waals surface area contributed by atoms with Crippen molar-refractivity contribution in [2.24, 2.45) is 5.41 Å². The van der Waals surface area contributed by atoms with E-state index in [1.807, 2.05) is 12.1 Å². The molecule has 24 heavy (non-hydrogen) atoms. The van der Waals surface area contributed by atoms with Gasteiger partial charge in [-0.25, -0.2) is 13.1 Å². The molecule has 0 bridgehead atoms. The lowest BCUT2D eigenvalue weighted by Gasteiger charge is -2.26. The van der Waals surface area contributed by atoms with Gasteiger partial charge in [-0.2, -0.15) is 0 Å². The number of hydrogen-bond acceptors (Lipinski definition) is 5. The van der Waals surface area contributed by atoms with Gasteiger partial charge in [-0.15, -0.1) is 0 Å². The predicted octanol–water partition coefficient (Wildman–Crippen LogP) is 1.41. The monoisotopic (exact) mass is 354 g/mol. The Labute approximate surface area is 144 Å². The van der Waals surface area contributed by atoms with Crippen LogP contribution in [-0.4, -0.2) is 51.9 Å². The van der Waals surface area contributed by atoms with E-state index in [-0.39, 0.29) is 17.2 Å². The first kappa shape index (κ1) is 19.1. The second-order valence-electron chi connectivity index (χ2n) is 7.03. The molecule has 0 unspecified atom stereocenters. The van der Waals surface area contributed by atoms with E-state index in [0.717, 1.165) is 38.4 Å². The standard InChI is InChI=1S/C17H26N2O4S/c1-17(2,3)16(20)12-18-24(21,22)15-6-4-14(5-7-15)13-19-8-10-23-11-9-19/h4-7,18H,8-13H2,1-3H3. The Hall–Kier alpha value is -1.28. The van der Waals surface area contributed by atoms with Crippen LogP contribution in [0.2, 0.25) is 0 Å². The molecular formula is C17H26N2O4S. The summed E-state index contributed by atoms with van der Waals surface area (Å²) in [6.45, 7) is 9.13.